The zero-order valence-corrected chi connectivity index (χ0v) is 7.59. The largest absolute Gasteiger partial charge is 0.0625 e. The molecule has 11 heavy (non-hydrogen) atoms. The molecule has 1 aromatic carbocycles. The molecule has 1 aromatic rings. The fraction of sp³-hybridized carbons (Fsp3) is 0.455. The summed E-state index contributed by atoms with van der Waals surface area (Å²) in [5, 5.41) is 0. The molecule has 1 rings (SSSR count). The topological polar surface area (TPSA) is 0 Å². The minimum Gasteiger partial charge on any atom is -0.0625 e. The summed E-state index contributed by atoms with van der Waals surface area (Å²) in [6, 6.07) is 8.79. The van der Waals surface area contributed by atoms with Crippen molar-refractivity contribution in [1.82, 2.24) is 0 Å². The lowest BCUT2D eigenvalue weighted by molar-refractivity contribution is 0.647. The molecule has 0 bridgehead atoms. The van der Waals surface area contributed by atoms with E-state index in [9.17, 15) is 0 Å². The Morgan fingerprint density at radius 2 is 1.64 bits per heavy atom. The molecule has 0 spiro atoms. The first-order valence-electron chi connectivity index (χ1n) is 4.24. The van der Waals surface area contributed by atoms with E-state index in [1.807, 2.05) is 0 Å². The third-order valence-corrected chi connectivity index (χ3v) is 1.76. The van der Waals surface area contributed by atoms with Crippen LogP contribution in [-0.2, 0) is 6.42 Å². The standard InChI is InChI=1S/C11H16/c1-9(2)8-11-6-4-10(3)5-7-11/h4-7,9H,8H2,1-3H3. The summed E-state index contributed by atoms with van der Waals surface area (Å²) in [5.74, 6) is 0.762. The SMILES string of the molecule is Cc1ccc(CC(C)C)cc1. The van der Waals surface area contributed by atoms with E-state index in [1.165, 1.54) is 17.5 Å². The van der Waals surface area contributed by atoms with Gasteiger partial charge in [0, 0.05) is 0 Å². The van der Waals surface area contributed by atoms with Crippen molar-refractivity contribution in [3.05, 3.63) is 35.4 Å². The molecule has 0 heteroatoms. The van der Waals surface area contributed by atoms with Gasteiger partial charge in [0.15, 0.2) is 0 Å². The second-order valence-corrected chi connectivity index (χ2v) is 3.58. The molecule has 0 aliphatic carbocycles. The predicted molar refractivity (Wildman–Crippen MR) is 49.7 cm³/mol. The van der Waals surface area contributed by atoms with Crippen molar-refractivity contribution in [2.45, 2.75) is 27.2 Å². The molecule has 0 heterocycles. The molecule has 0 atom stereocenters. The smallest absolute Gasteiger partial charge is 0.0256 e. The van der Waals surface area contributed by atoms with Gasteiger partial charge in [0.1, 0.15) is 0 Å². The quantitative estimate of drug-likeness (QED) is 0.604. The first-order valence-corrected chi connectivity index (χ1v) is 4.24. The molecular weight excluding hydrogens is 132 g/mol. The fourth-order valence-corrected chi connectivity index (χ4v) is 1.20. The average molecular weight is 148 g/mol. The Morgan fingerprint density at radius 3 is 2.09 bits per heavy atom. The van der Waals surface area contributed by atoms with Gasteiger partial charge in [-0.1, -0.05) is 43.7 Å². The number of hydrogen-bond acceptors (Lipinski definition) is 0. The summed E-state index contributed by atoms with van der Waals surface area (Å²) in [6.45, 7) is 6.62. The van der Waals surface area contributed by atoms with Gasteiger partial charge in [-0.25, -0.2) is 0 Å². The van der Waals surface area contributed by atoms with Gasteiger partial charge in [0.25, 0.3) is 0 Å². The monoisotopic (exact) mass is 148 g/mol. The van der Waals surface area contributed by atoms with Crippen LogP contribution in [0.2, 0.25) is 0 Å². The second-order valence-electron chi connectivity index (χ2n) is 3.58. The fourth-order valence-electron chi connectivity index (χ4n) is 1.20. The van der Waals surface area contributed by atoms with Gasteiger partial charge in [0.05, 0.1) is 0 Å². The molecular formula is C11H16. The minimum absolute atomic E-state index is 0.762. The van der Waals surface area contributed by atoms with E-state index in [1.54, 1.807) is 0 Å². The van der Waals surface area contributed by atoms with E-state index in [0.29, 0.717) is 0 Å². The Labute approximate surface area is 69.3 Å². The van der Waals surface area contributed by atoms with Crippen molar-refractivity contribution in [3.63, 3.8) is 0 Å². The first kappa shape index (κ1) is 8.32. The van der Waals surface area contributed by atoms with Gasteiger partial charge in [-0.3, -0.25) is 0 Å². The molecule has 60 valence electrons. The normalized spacial score (nSPS) is 10.5. The first-order chi connectivity index (χ1) is 5.18. The van der Waals surface area contributed by atoms with Crippen molar-refractivity contribution in [2.75, 3.05) is 0 Å². The molecule has 0 saturated heterocycles. The molecule has 0 saturated carbocycles. The van der Waals surface area contributed by atoms with Gasteiger partial charge in [-0.2, -0.15) is 0 Å². The summed E-state index contributed by atoms with van der Waals surface area (Å²) in [6.07, 6.45) is 1.19. The van der Waals surface area contributed by atoms with E-state index >= 15 is 0 Å². The van der Waals surface area contributed by atoms with Gasteiger partial charge in [-0.05, 0) is 24.8 Å². The van der Waals surface area contributed by atoms with Crippen LogP contribution in [0.15, 0.2) is 24.3 Å². The summed E-state index contributed by atoms with van der Waals surface area (Å²) >= 11 is 0. The summed E-state index contributed by atoms with van der Waals surface area (Å²) in [7, 11) is 0. The van der Waals surface area contributed by atoms with E-state index < -0.39 is 0 Å². The molecule has 0 nitrogen and oxygen atoms in total. The number of aryl methyl sites for hydroxylation is 1. The van der Waals surface area contributed by atoms with E-state index in [0.717, 1.165) is 5.92 Å². The molecule has 0 amide bonds. The third-order valence-electron chi connectivity index (χ3n) is 1.76. The maximum atomic E-state index is 2.25. The number of hydrogen-bond donors (Lipinski definition) is 0. The summed E-state index contributed by atoms with van der Waals surface area (Å²) in [5.41, 5.74) is 2.79. The molecule has 0 N–H and O–H groups in total. The summed E-state index contributed by atoms with van der Waals surface area (Å²) < 4.78 is 0. The lowest BCUT2D eigenvalue weighted by Crippen LogP contribution is -1.93. The van der Waals surface area contributed by atoms with E-state index in [-0.39, 0.29) is 0 Å². The van der Waals surface area contributed by atoms with Crippen LogP contribution in [0.1, 0.15) is 25.0 Å². The maximum absolute atomic E-state index is 2.25. The van der Waals surface area contributed by atoms with Crippen molar-refractivity contribution >= 4 is 0 Å². The lowest BCUT2D eigenvalue weighted by Gasteiger charge is -2.04. The third kappa shape index (κ3) is 2.75. The Morgan fingerprint density at radius 1 is 1.09 bits per heavy atom. The molecule has 0 unspecified atom stereocenters. The molecule has 0 aliphatic heterocycles. The minimum atomic E-state index is 0.762. The second kappa shape index (κ2) is 3.56. The summed E-state index contributed by atoms with van der Waals surface area (Å²) in [4.78, 5) is 0. The zero-order chi connectivity index (χ0) is 8.27. The van der Waals surface area contributed by atoms with Gasteiger partial charge in [-0.15, -0.1) is 0 Å². The molecule has 0 aliphatic rings. The van der Waals surface area contributed by atoms with E-state index in [4.69, 9.17) is 0 Å². The van der Waals surface area contributed by atoms with Crippen molar-refractivity contribution in [1.29, 1.82) is 0 Å². The van der Waals surface area contributed by atoms with Crippen molar-refractivity contribution in [2.24, 2.45) is 5.92 Å². The highest BCUT2D eigenvalue weighted by Crippen LogP contribution is 2.08. The maximum Gasteiger partial charge on any atom is -0.0256 e. The van der Waals surface area contributed by atoms with Gasteiger partial charge < -0.3 is 0 Å². The van der Waals surface area contributed by atoms with Crippen LogP contribution in [-0.4, -0.2) is 0 Å². The van der Waals surface area contributed by atoms with Crippen LogP contribution in [0.25, 0.3) is 0 Å². The van der Waals surface area contributed by atoms with Crippen molar-refractivity contribution in [3.8, 4) is 0 Å². The Bertz CT molecular complexity index is 206. The van der Waals surface area contributed by atoms with Crippen LogP contribution in [0.3, 0.4) is 0 Å². The van der Waals surface area contributed by atoms with Gasteiger partial charge in [0.2, 0.25) is 0 Å². The molecule has 0 radical (unpaired) electrons. The van der Waals surface area contributed by atoms with Crippen LogP contribution in [0, 0.1) is 12.8 Å². The highest BCUT2D eigenvalue weighted by atomic mass is 14.0. The Balaban J connectivity index is 2.66. The predicted octanol–water partition coefficient (Wildman–Crippen LogP) is 3.19. The molecule has 0 fully saturated rings. The number of rotatable bonds is 2. The lowest BCUT2D eigenvalue weighted by atomic mass is 10.0. The average Bonchev–Trinajstić information content (AvgIpc) is 1.93. The Kier molecular flexibility index (Phi) is 2.70. The van der Waals surface area contributed by atoms with Crippen LogP contribution >= 0.6 is 0 Å². The van der Waals surface area contributed by atoms with Crippen molar-refractivity contribution < 1.29 is 0 Å². The van der Waals surface area contributed by atoms with Crippen LogP contribution < -0.4 is 0 Å². The zero-order valence-electron chi connectivity index (χ0n) is 7.59. The molecule has 0 aromatic heterocycles. The Hall–Kier alpha value is -0.780. The van der Waals surface area contributed by atoms with E-state index in [2.05, 4.69) is 45.0 Å². The highest BCUT2D eigenvalue weighted by Gasteiger charge is 1.95. The van der Waals surface area contributed by atoms with Crippen LogP contribution in [0.4, 0.5) is 0 Å². The number of benzene rings is 1. The highest BCUT2D eigenvalue weighted by molar-refractivity contribution is 5.21. The van der Waals surface area contributed by atoms with Gasteiger partial charge >= 0.3 is 0 Å². The van der Waals surface area contributed by atoms with Crippen LogP contribution in [0.5, 0.6) is 0 Å².